The Bertz CT molecular complexity index is 581. The first-order valence-electron chi connectivity index (χ1n) is 8.91. The molecule has 3 rings (SSSR count). The zero-order chi connectivity index (χ0) is 16.9. The molecule has 1 saturated heterocycles. The highest BCUT2D eigenvalue weighted by molar-refractivity contribution is 5.94. The molecule has 0 aromatic heterocycles. The molecule has 0 bridgehead atoms. The summed E-state index contributed by atoms with van der Waals surface area (Å²) in [6.45, 7) is 4.15. The Morgan fingerprint density at radius 1 is 1.21 bits per heavy atom. The maximum Gasteiger partial charge on any atom is 0.237 e. The lowest BCUT2D eigenvalue weighted by Gasteiger charge is -2.17. The number of carbonyl (C=O) groups is 2. The molecule has 1 amide bonds. The summed E-state index contributed by atoms with van der Waals surface area (Å²) in [5.41, 5.74) is 3.75. The van der Waals surface area contributed by atoms with Gasteiger partial charge >= 0.3 is 0 Å². The zero-order valence-corrected chi connectivity index (χ0v) is 14.3. The molecule has 1 aliphatic heterocycles. The second kappa shape index (κ2) is 7.79. The molecule has 2 aliphatic rings. The van der Waals surface area contributed by atoms with Gasteiger partial charge in [-0.05, 0) is 69.2 Å². The Morgan fingerprint density at radius 2 is 1.96 bits per heavy atom. The number of hydrazine groups is 1. The number of hydrogen-bond donors (Lipinski definition) is 1. The summed E-state index contributed by atoms with van der Waals surface area (Å²) in [4.78, 5) is 23.0. The van der Waals surface area contributed by atoms with Crippen LogP contribution in [-0.4, -0.2) is 36.4 Å². The second-order valence-electron chi connectivity index (χ2n) is 6.92. The van der Waals surface area contributed by atoms with Crippen molar-refractivity contribution >= 4 is 11.7 Å². The van der Waals surface area contributed by atoms with Crippen LogP contribution in [0.1, 0.15) is 49.4 Å². The van der Waals surface area contributed by atoms with Gasteiger partial charge in [-0.1, -0.05) is 0 Å². The largest absolute Gasteiger partial charge is 0.494 e. The molecule has 5 nitrogen and oxygen atoms in total. The third-order valence-electron chi connectivity index (χ3n) is 4.79. The Labute approximate surface area is 143 Å². The van der Waals surface area contributed by atoms with Crippen molar-refractivity contribution in [2.45, 2.75) is 39.0 Å². The molecule has 1 heterocycles. The quantitative estimate of drug-likeness (QED) is 0.588. The predicted octanol–water partition coefficient (Wildman–Crippen LogP) is 2.81. The van der Waals surface area contributed by atoms with Crippen LogP contribution in [0.4, 0.5) is 0 Å². The minimum absolute atomic E-state index is 0.0705. The molecule has 1 N–H and O–H groups in total. The third-order valence-corrected chi connectivity index (χ3v) is 4.79. The number of rotatable bonds is 8. The van der Waals surface area contributed by atoms with Crippen LogP contribution in [0.25, 0.3) is 0 Å². The first-order valence-corrected chi connectivity index (χ1v) is 8.91. The van der Waals surface area contributed by atoms with Gasteiger partial charge in [-0.15, -0.1) is 0 Å². The van der Waals surface area contributed by atoms with Crippen LogP contribution < -0.4 is 10.2 Å². The van der Waals surface area contributed by atoms with Gasteiger partial charge in [-0.25, -0.2) is 5.01 Å². The van der Waals surface area contributed by atoms with Gasteiger partial charge in [0.05, 0.1) is 6.61 Å². The summed E-state index contributed by atoms with van der Waals surface area (Å²) in [5.74, 6) is 1.99. The van der Waals surface area contributed by atoms with Crippen molar-refractivity contribution in [2.75, 3.05) is 19.7 Å². The number of carbonyl (C=O) groups excluding carboxylic acids is 2. The van der Waals surface area contributed by atoms with Gasteiger partial charge in [0.2, 0.25) is 5.91 Å². The number of Topliss-reactive ketones (excluding diaryl/α,β-unsaturated/α-hetero) is 1. The molecule has 1 aromatic rings. The lowest BCUT2D eigenvalue weighted by molar-refractivity contribution is -0.126. The Morgan fingerprint density at radius 3 is 2.62 bits per heavy atom. The molecule has 0 unspecified atom stereocenters. The number of benzene rings is 1. The lowest BCUT2D eigenvalue weighted by atomic mass is 10.0. The Kier molecular flexibility index (Phi) is 5.51. The van der Waals surface area contributed by atoms with Crippen molar-refractivity contribution in [3.05, 3.63) is 29.8 Å². The topological polar surface area (TPSA) is 58.6 Å². The predicted molar refractivity (Wildman–Crippen MR) is 91.7 cm³/mol. The van der Waals surface area contributed by atoms with Gasteiger partial charge in [-0.3, -0.25) is 15.0 Å². The fourth-order valence-electron chi connectivity index (χ4n) is 3.11. The number of ether oxygens (including phenoxy) is 1. The molecule has 1 aliphatic carbocycles. The molecule has 24 heavy (non-hydrogen) atoms. The molecule has 0 radical (unpaired) electrons. The smallest absolute Gasteiger partial charge is 0.237 e. The summed E-state index contributed by atoms with van der Waals surface area (Å²) < 4.78 is 5.74. The normalized spacial score (nSPS) is 20.8. The van der Waals surface area contributed by atoms with E-state index >= 15 is 0 Å². The van der Waals surface area contributed by atoms with E-state index in [-0.39, 0.29) is 17.6 Å². The second-order valence-corrected chi connectivity index (χ2v) is 6.92. The highest BCUT2D eigenvalue weighted by atomic mass is 16.5. The van der Waals surface area contributed by atoms with E-state index in [0.717, 1.165) is 50.9 Å². The van der Waals surface area contributed by atoms with Crippen molar-refractivity contribution in [3.63, 3.8) is 0 Å². The number of amides is 1. The van der Waals surface area contributed by atoms with Gasteiger partial charge in [0.1, 0.15) is 5.75 Å². The van der Waals surface area contributed by atoms with Crippen LogP contribution >= 0.6 is 0 Å². The van der Waals surface area contributed by atoms with Gasteiger partial charge in [-0.2, -0.15) is 0 Å². The minimum Gasteiger partial charge on any atom is -0.494 e. The van der Waals surface area contributed by atoms with E-state index in [1.807, 2.05) is 12.1 Å². The van der Waals surface area contributed by atoms with Gasteiger partial charge in [0.15, 0.2) is 5.78 Å². The molecule has 0 spiro atoms. The van der Waals surface area contributed by atoms with Crippen LogP contribution in [0.5, 0.6) is 5.75 Å². The van der Waals surface area contributed by atoms with Crippen molar-refractivity contribution in [1.82, 2.24) is 10.4 Å². The number of hydrogen-bond acceptors (Lipinski definition) is 4. The molecule has 5 heteroatoms. The average molecular weight is 330 g/mol. The van der Waals surface area contributed by atoms with Crippen LogP contribution in [-0.2, 0) is 4.79 Å². The lowest BCUT2D eigenvalue weighted by Crippen LogP contribution is -2.41. The highest BCUT2D eigenvalue weighted by Gasteiger charge is 2.32. The maximum absolute atomic E-state index is 11.8. The molecular formula is C19H26N2O3. The van der Waals surface area contributed by atoms with E-state index in [2.05, 4.69) is 10.4 Å². The standard InChI is InChI=1S/C19H26N2O3/c1-14(22)16-6-8-18(9-7-16)24-12-2-3-15-10-11-21(13-15)20-19(23)17-4-5-17/h6-9,15,17H,2-5,10-13H2,1H3,(H,20,23)/t15-/m1/s1. The fourth-order valence-corrected chi connectivity index (χ4v) is 3.11. The monoisotopic (exact) mass is 330 g/mol. The highest BCUT2D eigenvalue weighted by Crippen LogP contribution is 2.29. The van der Waals surface area contributed by atoms with Crippen molar-refractivity contribution in [3.8, 4) is 5.75 Å². The van der Waals surface area contributed by atoms with Crippen LogP contribution in [0.15, 0.2) is 24.3 Å². The third kappa shape index (κ3) is 4.81. The van der Waals surface area contributed by atoms with E-state index in [1.165, 1.54) is 0 Å². The number of ketones is 1. The average Bonchev–Trinajstić information content (AvgIpc) is 3.34. The summed E-state index contributed by atoms with van der Waals surface area (Å²) in [5, 5.41) is 2.08. The molecule has 1 saturated carbocycles. The number of nitrogens with zero attached hydrogens (tertiary/aromatic N) is 1. The first-order chi connectivity index (χ1) is 11.6. The summed E-state index contributed by atoms with van der Waals surface area (Å²) in [7, 11) is 0. The van der Waals surface area contributed by atoms with E-state index in [4.69, 9.17) is 4.74 Å². The van der Waals surface area contributed by atoms with E-state index in [1.54, 1.807) is 19.1 Å². The molecule has 130 valence electrons. The van der Waals surface area contributed by atoms with E-state index in [0.29, 0.717) is 18.1 Å². The Balaban J connectivity index is 1.30. The van der Waals surface area contributed by atoms with E-state index < -0.39 is 0 Å². The maximum atomic E-state index is 11.8. The molecule has 2 fully saturated rings. The summed E-state index contributed by atoms with van der Waals surface area (Å²) in [6.07, 6.45) is 5.35. The Hall–Kier alpha value is -1.88. The van der Waals surface area contributed by atoms with Gasteiger partial charge in [0, 0.05) is 24.6 Å². The van der Waals surface area contributed by atoms with Crippen LogP contribution in [0.2, 0.25) is 0 Å². The van der Waals surface area contributed by atoms with Crippen molar-refractivity contribution < 1.29 is 14.3 Å². The molecule has 1 aromatic carbocycles. The van der Waals surface area contributed by atoms with Gasteiger partial charge < -0.3 is 4.74 Å². The van der Waals surface area contributed by atoms with Crippen LogP contribution in [0.3, 0.4) is 0 Å². The SMILES string of the molecule is CC(=O)c1ccc(OCCC[C@@H]2CCN(NC(=O)C3CC3)C2)cc1. The first kappa shape index (κ1) is 17.0. The van der Waals surface area contributed by atoms with Crippen molar-refractivity contribution in [1.29, 1.82) is 0 Å². The number of nitrogens with one attached hydrogen (secondary N) is 1. The minimum atomic E-state index is 0.0705. The van der Waals surface area contributed by atoms with Crippen LogP contribution in [0, 0.1) is 11.8 Å². The molecular weight excluding hydrogens is 304 g/mol. The van der Waals surface area contributed by atoms with Gasteiger partial charge in [0.25, 0.3) is 0 Å². The van der Waals surface area contributed by atoms with E-state index in [9.17, 15) is 9.59 Å². The fraction of sp³-hybridized carbons (Fsp3) is 0.579. The molecule has 1 atom stereocenters. The zero-order valence-electron chi connectivity index (χ0n) is 14.3. The summed E-state index contributed by atoms with van der Waals surface area (Å²) >= 11 is 0. The van der Waals surface area contributed by atoms with Crippen molar-refractivity contribution in [2.24, 2.45) is 11.8 Å². The summed E-state index contributed by atoms with van der Waals surface area (Å²) in [6, 6.07) is 7.30.